The molecule has 1 aromatic carbocycles. The minimum absolute atomic E-state index is 0.0144. The SMILES string of the molecule is CCC(C(=O)O)N(C)S(=O)(=O)c1ccc([N+](=O)[O-])c(F)c1. The van der Waals surface area contributed by atoms with Crippen LogP contribution >= 0.6 is 0 Å². The van der Waals surface area contributed by atoms with Gasteiger partial charge < -0.3 is 5.11 Å². The Morgan fingerprint density at radius 1 is 1.52 bits per heavy atom. The van der Waals surface area contributed by atoms with Gasteiger partial charge in [-0.3, -0.25) is 14.9 Å². The van der Waals surface area contributed by atoms with Gasteiger partial charge in [0.1, 0.15) is 6.04 Å². The van der Waals surface area contributed by atoms with E-state index in [2.05, 4.69) is 0 Å². The number of benzene rings is 1. The van der Waals surface area contributed by atoms with Crippen LogP contribution in [0.1, 0.15) is 13.3 Å². The van der Waals surface area contributed by atoms with Crippen LogP contribution in [0.2, 0.25) is 0 Å². The molecule has 0 aliphatic heterocycles. The first-order valence-electron chi connectivity index (χ1n) is 5.77. The number of aliphatic carboxylic acids is 1. The lowest BCUT2D eigenvalue weighted by Crippen LogP contribution is -2.41. The van der Waals surface area contributed by atoms with Crippen molar-refractivity contribution in [1.29, 1.82) is 0 Å². The van der Waals surface area contributed by atoms with Gasteiger partial charge in [-0.25, -0.2) is 8.42 Å². The van der Waals surface area contributed by atoms with E-state index in [0.29, 0.717) is 10.4 Å². The van der Waals surface area contributed by atoms with Crippen molar-refractivity contribution in [3.05, 3.63) is 34.1 Å². The number of rotatable bonds is 6. The van der Waals surface area contributed by atoms with Gasteiger partial charge >= 0.3 is 11.7 Å². The topological polar surface area (TPSA) is 118 Å². The zero-order chi connectivity index (χ0) is 16.4. The van der Waals surface area contributed by atoms with E-state index in [1.807, 2.05) is 0 Å². The molecular formula is C11H13FN2O6S. The van der Waals surface area contributed by atoms with Crippen molar-refractivity contribution >= 4 is 21.7 Å². The van der Waals surface area contributed by atoms with Gasteiger partial charge in [-0.1, -0.05) is 6.92 Å². The fourth-order valence-corrected chi connectivity index (χ4v) is 3.12. The van der Waals surface area contributed by atoms with Crippen molar-refractivity contribution in [2.75, 3.05) is 7.05 Å². The Hall–Kier alpha value is -2.07. The minimum atomic E-state index is -4.27. The van der Waals surface area contributed by atoms with Crippen LogP contribution < -0.4 is 0 Å². The van der Waals surface area contributed by atoms with Crippen molar-refractivity contribution in [2.24, 2.45) is 0 Å². The van der Waals surface area contributed by atoms with Crippen molar-refractivity contribution < 1.29 is 27.6 Å². The van der Waals surface area contributed by atoms with Crippen molar-refractivity contribution in [1.82, 2.24) is 4.31 Å². The molecule has 1 N–H and O–H groups in total. The molecule has 0 saturated carbocycles. The molecular weight excluding hydrogens is 307 g/mol. The van der Waals surface area contributed by atoms with Gasteiger partial charge in [0.2, 0.25) is 15.8 Å². The second-order valence-electron chi connectivity index (χ2n) is 4.15. The number of halogens is 1. The van der Waals surface area contributed by atoms with Crippen LogP contribution in [-0.2, 0) is 14.8 Å². The zero-order valence-electron chi connectivity index (χ0n) is 11.2. The first-order valence-corrected chi connectivity index (χ1v) is 7.21. The monoisotopic (exact) mass is 320 g/mol. The minimum Gasteiger partial charge on any atom is -0.480 e. The third-order valence-corrected chi connectivity index (χ3v) is 4.77. The van der Waals surface area contributed by atoms with Gasteiger partial charge in [-0.05, 0) is 12.5 Å². The number of carboxylic acid groups (broad SMARTS) is 1. The summed E-state index contributed by atoms with van der Waals surface area (Å²) in [4.78, 5) is 19.9. The van der Waals surface area contributed by atoms with Gasteiger partial charge in [0.05, 0.1) is 9.82 Å². The molecule has 0 saturated heterocycles. The van der Waals surface area contributed by atoms with E-state index in [1.54, 1.807) is 0 Å². The molecule has 1 unspecified atom stereocenters. The van der Waals surface area contributed by atoms with Crippen LogP contribution in [0.15, 0.2) is 23.1 Å². The zero-order valence-corrected chi connectivity index (χ0v) is 12.0. The summed E-state index contributed by atoms with van der Waals surface area (Å²) in [6.07, 6.45) is 0.0144. The summed E-state index contributed by atoms with van der Waals surface area (Å²) in [6, 6.07) is 0.769. The number of carboxylic acids is 1. The predicted molar refractivity (Wildman–Crippen MR) is 69.7 cm³/mol. The Labute approximate surface area is 120 Å². The van der Waals surface area contributed by atoms with Crippen molar-refractivity contribution in [3.63, 3.8) is 0 Å². The Morgan fingerprint density at radius 2 is 2.10 bits per heavy atom. The van der Waals surface area contributed by atoms with Crippen LogP contribution in [0.4, 0.5) is 10.1 Å². The first-order chi connectivity index (χ1) is 9.62. The van der Waals surface area contributed by atoms with E-state index >= 15 is 0 Å². The van der Waals surface area contributed by atoms with E-state index in [9.17, 15) is 27.7 Å². The molecule has 0 amide bonds. The third-order valence-electron chi connectivity index (χ3n) is 2.90. The fraction of sp³-hybridized carbons (Fsp3) is 0.364. The number of carbonyl (C=O) groups is 1. The number of nitro benzene ring substituents is 1. The van der Waals surface area contributed by atoms with Crippen molar-refractivity contribution in [2.45, 2.75) is 24.3 Å². The first kappa shape index (κ1) is 17.0. The largest absolute Gasteiger partial charge is 0.480 e. The highest BCUT2D eigenvalue weighted by atomic mass is 32.2. The molecule has 8 nitrogen and oxygen atoms in total. The maximum atomic E-state index is 13.5. The van der Waals surface area contributed by atoms with E-state index < -0.39 is 43.4 Å². The Bertz CT molecular complexity index is 675. The lowest BCUT2D eigenvalue weighted by Gasteiger charge is -2.23. The van der Waals surface area contributed by atoms with Gasteiger partial charge in [-0.15, -0.1) is 0 Å². The number of nitrogens with zero attached hydrogens (tertiary/aromatic N) is 2. The summed E-state index contributed by atoms with van der Waals surface area (Å²) in [7, 11) is -3.22. The molecule has 0 fully saturated rings. The maximum absolute atomic E-state index is 13.5. The highest BCUT2D eigenvalue weighted by Crippen LogP contribution is 2.24. The number of hydrogen-bond acceptors (Lipinski definition) is 5. The standard InChI is InChI=1S/C11H13FN2O6S/c1-3-9(11(15)16)13(2)21(19,20)7-4-5-10(14(17)18)8(12)6-7/h4-6,9H,3H2,1-2H3,(H,15,16). The highest BCUT2D eigenvalue weighted by Gasteiger charge is 2.32. The summed E-state index contributed by atoms with van der Waals surface area (Å²) in [5.41, 5.74) is -0.859. The Balaban J connectivity index is 3.28. The van der Waals surface area contributed by atoms with Crippen LogP contribution in [0.25, 0.3) is 0 Å². The van der Waals surface area contributed by atoms with E-state index in [-0.39, 0.29) is 6.42 Å². The summed E-state index contributed by atoms with van der Waals surface area (Å²) in [6.45, 7) is 1.49. The molecule has 1 aromatic rings. The molecule has 21 heavy (non-hydrogen) atoms. The maximum Gasteiger partial charge on any atom is 0.321 e. The lowest BCUT2D eigenvalue weighted by molar-refractivity contribution is -0.387. The van der Waals surface area contributed by atoms with Crippen LogP contribution in [0, 0.1) is 15.9 Å². The molecule has 0 bridgehead atoms. The van der Waals surface area contributed by atoms with E-state index in [0.717, 1.165) is 19.2 Å². The Kier molecular flexibility index (Phi) is 4.97. The Morgan fingerprint density at radius 3 is 2.48 bits per heavy atom. The summed E-state index contributed by atoms with van der Waals surface area (Å²) in [5, 5.41) is 19.4. The summed E-state index contributed by atoms with van der Waals surface area (Å²) in [5.74, 6) is -2.65. The van der Waals surface area contributed by atoms with Gasteiger partial charge in [0.15, 0.2) is 0 Å². The molecule has 10 heteroatoms. The van der Waals surface area contributed by atoms with Crippen LogP contribution in [0.3, 0.4) is 0 Å². The average Bonchev–Trinajstić information content (AvgIpc) is 2.38. The van der Waals surface area contributed by atoms with Gasteiger partial charge in [-0.2, -0.15) is 8.70 Å². The van der Waals surface area contributed by atoms with Gasteiger partial charge in [0.25, 0.3) is 0 Å². The van der Waals surface area contributed by atoms with E-state index in [4.69, 9.17) is 5.11 Å². The molecule has 0 aliphatic carbocycles. The number of nitro groups is 1. The molecule has 1 rings (SSSR count). The number of sulfonamides is 1. The second-order valence-corrected chi connectivity index (χ2v) is 6.15. The number of likely N-dealkylation sites (N-methyl/N-ethyl adjacent to an activating group) is 1. The summed E-state index contributed by atoms with van der Waals surface area (Å²) >= 11 is 0. The molecule has 0 aromatic heterocycles. The van der Waals surface area contributed by atoms with Crippen molar-refractivity contribution in [3.8, 4) is 0 Å². The molecule has 0 aliphatic rings. The third kappa shape index (κ3) is 3.34. The predicted octanol–water partition coefficient (Wildman–Crippen LogP) is 1.22. The lowest BCUT2D eigenvalue weighted by atomic mass is 10.2. The second kappa shape index (κ2) is 6.14. The fourth-order valence-electron chi connectivity index (χ4n) is 1.72. The smallest absolute Gasteiger partial charge is 0.321 e. The molecule has 1 atom stereocenters. The van der Waals surface area contributed by atoms with E-state index in [1.165, 1.54) is 6.92 Å². The van der Waals surface area contributed by atoms with Crippen LogP contribution in [0.5, 0.6) is 0 Å². The molecule has 0 radical (unpaired) electrons. The molecule has 116 valence electrons. The highest BCUT2D eigenvalue weighted by molar-refractivity contribution is 7.89. The van der Waals surface area contributed by atoms with Gasteiger partial charge in [0, 0.05) is 19.2 Å². The van der Waals surface area contributed by atoms with Crippen LogP contribution in [-0.4, -0.2) is 41.8 Å². The number of hydrogen-bond donors (Lipinski definition) is 1. The normalized spacial score (nSPS) is 13.1. The average molecular weight is 320 g/mol. The molecule has 0 spiro atoms. The quantitative estimate of drug-likeness (QED) is 0.622. The molecule has 0 heterocycles. The summed E-state index contributed by atoms with van der Waals surface area (Å²) < 4.78 is 38.5.